The summed E-state index contributed by atoms with van der Waals surface area (Å²) in [6, 6.07) is 2.62. The van der Waals surface area contributed by atoms with Gasteiger partial charge in [-0.2, -0.15) is 0 Å². The van der Waals surface area contributed by atoms with Gasteiger partial charge in [0.05, 0.1) is 11.7 Å². The van der Waals surface area contributed by atoms with Gasteiger partial charge in [0.25, 0.3) is 0 Å². The fourth-order valence-electron chi connectivity index (χ4n) is 2.79. The molecule has 0 aliphatic carbocycles. The fraction of sp³-hybridized carbons (Fsp3) is 0.467. The molecule has 2 aliphatic heterocycles. The van der Waals surface area contributed by atoms with Crippen molar-refractivity contribution in [3.8, 4) is 0 Å². The van der Waals surface area contributed by atoms with Crippen molar-refractivity contribution in [1.29, 1.82) is 0 Å². The summed E-state index contributed by atoms with van der Waals surface area (Å²) in [4.78, 5) is 23.5. The van der Waals surface area contributed by atoms with Crippen molar-refractivity contribution in [3.63, 3.8) is 0 Å². The Morgan fingerprint density at radius 1 is 1.29 bits per heavy atom. The number of halogens is 1. The van der Waals surface area contributed by atoms with Crippen molar-refractivity contribution in [2.75, 3.05) is 17.2 Å². The summed E-state index contributed by atoms with van der Waals surface area (Å²) in [5, 5.41) is 8.45. The van der Waals surface area contributed by atoms with Crippen molar-refractivity contribution in [1.82, 2.24) is 5.32 Å². The van der Waals surface area contributed by atoms with Crippen molar-refractivity contribution < 1.29 is 14.0 Å². The molecule has 2 aliphatic rings. The molecule has 0 bridgehead atoms. The van der Waals surface area contributed by atoms with Gasteiger partial charge >= 0.3 is 0 Å². The number of anilines is 2. The molecule has 6 heteroatoms. The number of carbonyl (C=O) groups is 2. The Balaban J connectivity index is 1.77. The lowest BCUT2D eigenvalue weighted by atomic mass is 10.0. The Morgan fingerprint density at radius 3 is 2.90 bits per heavy atom. The molecular formula is C15H18FN3O2. The molecule has 1 saturated heterocycles. The maximum Gasteiger partial charge on any atom is 0.241 e. The highest BCUT2D eigenvalue weighted by Crippen LogP contribution is 2.28. The molecule has 5 nitrogen and oxygen atoms in total. The molecule has 1 aromatic carbocycles. The van der Waals surface area contributed by atoms with Crippen LogP contribution in [0.4, 0.5) is 15.8 Å². The number of fused-ring (bicyclic) bond motifs is 1. The van der Waals surface area contributed by atoms with Crippen LogP contribution in [0.2, 0.25) is 0 Å². The minimum Gasteiger partial charge on any atom is -0.326 e. The van der Waals surface area contributed by atoms with Crippen molar-refractivity contribution >= 4 is 23.2 Å². The van der Waals surface area contributed by atoms with E-state index in [0.29, 0.717) is 18.5 Å². The molecule has 3 N–H and O–H groups in total. The lowest BCUT2D eigenvalue weighted by molar-refractivity contribution is -0.118. The summed E-state index contributed by atoms with van der Waals surface area (Å²) in [5.74, 6) is -0.773. The van der Waals surface area contributed by atoms with Gasteiger partial charge in [-0.1, -0.05) is 6.42 Å². The highest BCUT2D eigenvalue weighted by atomic mass is 19.1. The Kier molecular flexibility index (Phi) is 3.88. The van der Waals surface area contributed by atoms with Gasteiger partial charge in [-0.25, -0.2) is 4.39 Å². The minimum atomic E-state index is -0.464. The first-order valence-electron chi connectivity index (χ1n) is 7.30. The van der Waals surface area contributed by atoms with Crippen LogP contribution < -0.4 is 16.0 Å². The number of benzene rings is 1. The topological polar surface area (TPSA) is 70.2 Å². The number of hydrogen-bond donors (Lipinski definition) is 3. The van der Waals surface area contributed by atoms with Crippen LogP contribution in [0, 0.1) is 5.82 Å². The number of rotatable bonds is 2. The smallest absolute Gasteiger partial charge is 0.241 e. The molecule has 112 valence electrons. The quantitative estimate of drug-likeness (QED) is 0.778. The maximum atomic E-state index is 14.1. The van der Waals surface area contributed by atoms with E-state index < -0.39 is 5.82 Å². The number of carbonyl (C=O) groups excluding carboxylic acids is 2. The lowest BCUT2D eigenvalue weighted by Gasteiger charge is -2.23. The van der Waals surface area contributed by atoms with Gasteiger partial charge < -0.3 is 16.0 Å². The largest absolute Gasteiger partial charge is 0.326 e. The zero-order valence-corrected chi connectivity index (χ0v) is 11.7. The average molecular weight is 291 g/mol. The van der Waals surface area contributed by atoms with Gasteiger partial charge in [0.15, 0.2) is 0 Å². The molecule has 1 atom stereocenters. The van der Waals surface area contributed by atoms with Crippen molar-refractivity contribution in [2.45, 2.75) is 38.1 Å². The van der Waals surface area contributed by atoms with E-state index in [1.54, 1.807) is 0 Å². The van der Waals surface area contributed by atoms with Crippen LogP contribution in [0.3, 0.4) is 0 Å². The first kappa shape index (κ1) is 14.0. The van der Waals surface area contributed by atoms with Crippen LogP contribution in [0.5, 0.6) is 0 Å². The molecule has 0 radical (unpaired) electrons. The van der Waals surface area contributed by atoms with Gasteiger partial charge in [0, 0.05) is 12.1 Å². The van der Waals surface area contributed by atoms with Crippen LogP contribution in [0.15, 0.2) is 12.1 Å². The van der Waals surface area contributed by atoms with Crippen molar-refractivity contribution in [2.24, 2.45) is 0 Å². The normalized spacial score (nSPS) is 21.4. The summed E-state index contributed by atoms with van der Waals surface area (Å²) >= 11 is 0. The second-order valence-electron chi connectivity index (χ2n) is 5.53. The van der Waals surface area contributed by atoms with E-state index in [-0.39, 0.29) is 23.5 Å². The molecule has 2 amide bonds. The zero-order valence-electron chi connectivity index (χ0n) is 11.7. The fourth-order valence-corrected chi connectivity index (χ4v) is 2.79. The standard InChI is InChI=1S/C15H18FN3O2/c16-10-7-9-4-5-14(20)18-12(9)8-13(10)19-15(21)11-3-1-2-6-17-11/h7-8,11,17H,1-6H2,(H,18,20)(H,19,21). The molecule has 1 fully saturated rings. The lowest BCUT2D eigenvalue weighted by Crippen LogP contribution is -2.43. The molecular weight excluding hydrogens is 273 g/mol. The van der Waals surface area contributed by atoms with Crippen LogP contribution in [-0.4, -0.2) is 24.4 Å². The third kappa shape index (κ3) is 3.05. The first-order chi connectivity index (χ1) is 10.1. The molecule has 0 saturated carbocycles. The number of amides is 2. The Bertz CT molecular complexity index is 583. The summed E-state index contributed by atoms with van der Waals surface area (Å²) in [6.45, 7) is 0.806. The molecule has 1 aromatic rings. The predicted octanol–water partition coefficient (Wildman–Crippen LogP) is 1.79. The molecule has 1 unspecified atom stereocenters. The Morgan fingerprint density at radius 2 is 2.14 bits per heavy atom. The first-order valence-corrected chi connectivity index (χ1v) is 7.30. The van der Waals surface area contributed by atoms with E-state index in [1.807, 2.05) is 0 Å². The maximum absolute atomic E-state index is 14.1. The third-order valence-electron chi connectivity index (χ3n) is 3.97. The number of hydrogen-bond acceptors (Lipinski definition) is 3. The molecule has 2 heterocycles. The van der Waals surface area contributed by atoms with Gasteiger partial charge in [-0.15, -0.1) is 0 Å². The average Bonchev–Trinajstić information content (AvgIpc) is 2.49. The number of aryl methyl sites for hydroxylation is 1. The van der Waals surface area contributed by atoms with E-state index in [1.165, 1.54) is 12.1 Å². The van der Waals surface area contributed by atoms with Gasteiger partial charge in [-0.05, 0) is 43.5 Å². The number of nitrogens with one attached hydrogen (secondary N) is 3. The van der Waals surface area contributed by atoms with E-state index in [4.69, 9.17) is 0 Å². The summed E-state index contributed by atoms with van der Waals surface area (Å²) in [5.41, 5.74) is 1.47. The minimum absolute atomic E-state index is 0.0830. The number of piperidine rings is 1. The van der Waals surface area contributed by atoms with Crippen molar-refractivity contribution in [3.05, 3.63) is 23.5 Å². The summed E-state index contributed by atoms with van der Waals surface area (Å²) in [6.07, 6.45) is 3.70. The van der Waals surface area contributed by atoms with E-state index in [0.717, 1.165) is 31.4 Å². The molecule has 21 heavy (non-hydrogen) atoms. The second kappa shape index (κ2) is 5.81. The van der Waals surface area contributed by atoms with Crippen LogP contribution in [0.1, 0.15) is 31.2 Å². The third-order valence-corrected chi connectivity index (χ3v) is 3.97. The molecule has 3 rings (SSSR count). The monoisotopic (exact) mass is 291 g/mol. The van der Waals surface area contributed by atoms with Crippen LogP contribution in [0.25, 0.3) is 0 Å². The van der Waals surface area contributed by atoms with E-state index in [2.05, 4.69) is 16.0 Å². The summed E-state index contributed by atoms with van der Waals surface area (Å²) < 4.78 is 14.1. The predicted molar refractivity (Wildman–Crippen MR) is 77.6 cm³/mol. The highest BCUT2D eigenvalue weighted by Gasteiger charge is 2.23. The molecule has 0 aromatic heterocycles. The van der Waals surface area contributed by atoms with Crippen LogP contribution >= 0.6 is 0 Å². The SMILES string of the molecule is O=C1CCc2cc(F)c(NC(=O)C3CCCCN3)cc2N1. The Labute approximate surface area is 122 Å². The van der Waals surface area contributed by atoms with Gasteiger partial charge in [-0.3, -0.25) is 9.59 Å². The zero-order chi connectivity index (χ0) is 14.8. The highest BCUT2D eigenvalue weighted by molar-refractivity contribution is 5.98. The van der Waals surface area contributed by atoms with Gasteiger partial charge in [0.2, 0.25) is 11.8 Å². The van der Waals surface area contributed by atoms with E-state index >= 15 is 0 Å². The molecule has 0 spiro atoms. The Hall–Kier alpha value is -1.95. The van der Waals surface area contributed by atoms with E-state index in [9.17, 15) is 14.0 Å². The van der Waals surface area contributed by atoms with Gasteiger partial charge in [0.1, 0.15) is 5.82 Å². The van der Waals surface area contributed by atoms with Crippen LogP contribution in [-0.2, 0) is 16.0 Å². The summed E-state index contributed by atoms with van der Waals surface area (Å²) in [7, 11) is 0. The second-order valence-corrected chi connectivity index (χ2v) is 5.53.